The molecule has 3 nitrogen and oxygen atoms in total. The topological polar surface area (TPSA) is 48.1 Å². The lowest BCUT2D eigenvalue weighted by atomic mass is 9.97. The van der Waals surface area contributed by atoms with Gasteiger partial charge in [-0.2, -0.15) is 0 Å². The van der Waals surface area contributed by atoms with Crippen molar-refractivity contribution in [2.45, 2.75) is 6.04 Å². The number of rotatable bonds is 3. The van der Waals surface area contributed by atoms with Crippen molar-refractivity contribution in [1.82, 2.24) is 4.98 Å². The van der Waals surface area contributed by atoms with E-state index < -0.39 is 6.04 Å². The van der Waals surface area contributed by atoms with E-state index in [4.69, 9.17) is 10.5 Å². The van der Waals surface area contributed by atoms with E-state index >= 15 is 0 Å². The highest BCUT2D eigenvalue weighted by Crippen LogP contribution is 2.31. The molecule has 2 N–H and O–H groups in total. The summed E-state index contributed by atoms with van der Waals surface area (Å²) in [5, 5.41) is 1.02. The van der Waals surface area contributed by atoms with E-state index in [0.717, 1.165) is 16.5 Å². The standard InChI is InChI=1S/C17H15FN2O/c1-21-15-6-2-5-13(18)16(15)17(19)12-8-7-11-4-3-9-20-14(11)10-12/h2-10,17H,19H2,1H3. The van der Waals surface area contributed by atoms with Gasteiger partial charge in [-0.3, -0.25) is 4.98 Å². The Morgan fingerprint density at radius 1 is 1.14 bits per heavy atom. The second-order valence-corrected chi connectivity index (χ2v) is 4.79. The van der Waals surface area contributed by atoms with Crippen LogP contribution in [-0.2, 0) is 0 Å². The number of aromatic nitrogens is 1. The number of pyridine rings is 1. The number of fused-ring (bicyclic) bond motifs is 1. The van der Waals surface area contributed by atoms with Crippen LogP contribution in [0.1, 0.15) is 17.2 Å². The Kier molecular flexibility index (Phi) is 3.54. The third-order valence-electron chi connectivity index (χ3n) is 3.53. The summed E-state index contributed by atoms with van der Waals surface area (Å²) in [6.45, 7) is 0. The Hall–Kier alpha value is -2.46. The van der Waals surface area contributed by atoms with Crippen LogP contribution in [-0.4, -0.2) is 12.1 Å². The third kappa shape index (κ3) is 2.45. The van der Waals surface area contributed by atoms with Crippen molar-refractivity contribution in [2.24, 2.45) is 5.73 Å². The van der Waals surface area contributed by atoms with Crippen LogP contribution in [0.15, 0.2) is 54.7 Å². The number of hydrogen-bond donors (Lipinski definition) is 1. The summed E-state index contributed by atoms with van der Waals surface area (Å²) in [5.41, 5.74) is 8.22. The minimum absolute atomic E-state index is 0.357. The molecule has 106 valence electrons. The van der Waals surface area contributed by atoms with Crippen molar-refractivity contribution in [3.63, 3.8) is 0 Å². The van der Waals surface area contributed by atoms with Crippen molar-refractivity contribution < 1.29 is 9.13 Å². The molecule has 0 fully saturated rings. The maximum absolute atomic E-state index is 14.1. The van der Waals surface area contributed by atoms with E-state index in [0.29, 0.717) is 11.3 Å². The molecular weight excluding hydrogens is 267 g/mol. The summed E-state index contributed by atoms with van der Waals surface area (Å²) in [4.78, 5) is 4.30. The van der Waals surface area contributed by atoms with E-state index in [1.807, 2.05) is 30.3 Å². The van der Waals surface area contributed by atoms with E-state index in [1.165, 1.54) is 13.2 Å². The van der Waals surface area contributed by atoms with Crippen LogP contribution in [0.4, 0.5) is 4.39 Å². The minimum atomic E-state index is -0.604. The largest absolute Gasteiger partial charge is 0.496 e. The smallest absolute Gasteiger partial charge is 0.132 e. The van der Waals surface area contributed by atoms with Gasteiger partial charge in [0.1, 0.15) is 11.6 Å². The molecule has 2 aromatic carbocycles. The zero-order valence-electron chi connectivity index (χ0n) is 11.6. The molecule has 3 rings (SSSR count). The van der Waals surface area contributed by atoms with Gasteiger partial charge >= 0.3 is 0 Å². The lowest BCUT2D eigenvalue weighted by Gasteiger charge is -2.17. The first-order chi connectivity index (χ1) is 10.2. The van der Waals surface area contributed by atoms with Gasteiger partial charge in [0.05, 0.1) is 24.2 Å². The lowest BCUT2D eigenvalue weighted by molar-refractivity contribution is 0.402. The van der Waals surface area contributed by atoms with Crippen molar-refractivity contribution in [3.8, 4) is 5.75 Å². The molecule has 0 spiro atoms. The maximum atomic E-state index is 14.1. The molecule has 0 saturated heterocycles. The summed E-state index contributed by atoms with van der Waals surface area (Å²) in [5.74, 6) is 0.0755. The van der Waals surface area contributed by atoms with E-state index in [9.17, 15) is 4.39 Å². The molecule has 1 unspecified atom stereocenters. The van der Waals surface area contributed by atoms with Gasteiger partial charge in [-0.05, 0) is 29.8 Å². The summed E-state index contributed by atoms with van der Waals surface area (Å²) in [7, 11) is 1.51. The number of nitrogens with zero attached hydrogens (tertiary/aromatic N) is 1. The fourth-order valence-corrected chi connectivity index (χ4v) is 2.44. The molecule has 0 bridgehead atoms. The van der Waals surface area contributed by atoms with Crippen LogP contribution < -0.4 is 10.5 Å². The molecule has 1 heterocycles. The number of hydrogen-bond acceptors (Lipinski definition) is 3. The number of benzene rings is 2. The van der Waals surface area contributed by atoms with Gasteiger partial charge in [0.25, 0.3) is 0 Å². The minimum Gasteiger partial charge on any atom is -0.496 e. The first-order valence-corrected chi connectivity index (χ1v) is 6.63. The van der Waals surface area contributed by atoms with Crippen LogP contribution in [0.2, 0.25) is 0 Å². The van der Waals surface area contributed by atoms with E-state index in [2.05, 4.69) is 4.98 Å². The molecule has 0 aliphatic rings. The number of ether oxygens (including phenoxy) is 1. The van der Waals surface area contributed by atoms with Crippen molar-refractivity contribution in [2.75, 3.05) is 7.11 Å². The Balaban J connectivity index is 2.10. The number of nitrogens with two attached hydrogens (primary N) is 1. The summed E-state index contributed by atoms with van der Waals surface area (Å²) in [6.07, 6.45) is 1.72. The second kappa shape index (κ2) is 5.50. The lowest BCUT2D eigenvalue weighted by Crippen LogP contribution is -2.15. The van der Waals surface area contributed by atoms with Gasteiger partial charge in [0, 0.05) is 11.6 Å². The van der Waals surface area contributed by atoms with Crippen molar-refractivity contribution in [1.29, 1.82) is 0 Å². The number of halogens is 1. The van der Waals surface area contributed by atoms with Gasteiger partial charge in [-0.15, -0.1) is 0 Å². The van der Waals surface area contributed by atoms with Gasteiger partial charge in [0.2, 0.25) is 0 Å². The highest BCUT2D eigenvalue weighted by Gasteiger charge is 2.18. The van der Waals surface area contributed by atoms with Gasteiger partial charge in [0.15, 0.2) is 0 Å². The fraction of sp³-hybridized carbons (Fsp3) is 0.118. The predicted molar refractivity (Wildman–Crippen MR) is 80.7 cm³/mol. The molecule has 0 radical (unpaired) electrons. The second-order valence-electron chi connectivity index (χ2n) is 4.79. The number of methoxy groups -OCH3 is 1. The first kappa shape index (κ1) is 13.5. The zero-order valence-corrected chi connectivity index (χ0v) is 11.6. The first-order valence-electron chi connectivity index (χ1n) is 6.63. The third-order valence-corrected chi connectivity index (χ3v) is 3.53. The van der Waals surface area contributed by atoms with E-state index in [1.54, 1.807) is 18.3 Å². The Labute approximate surface area is 122 Å². The molecule has 0 aliphatic carbocycles. The van der Waals surface area contributed by atoms with Crippen LogP contribution in [0, 0.1) is 5.82 Å². The molecule has 1 atom stereocenters. The average molecular weight is 282 g/mol. The molecule has 21 heavy (non-hydrogen) atoms. The predicted octanol–water partition coefficient (Wildman–Crippen LogP) is 3.43. The normalized spacial score (nSPS) is 12.3. The monoisotopic (exact) mass is 282 g/mol. The molecule has 0 aliphatic heterocycles. The zero-order chi connectivity index (χ0) is 14.8. The van der Waals surface area contributed by atoms with Crippen LogP contribution >= 0.6 is 0 Å². The fourth-order valence-electron chi connectivity index (χ4n) is 2.44. The maximum Gasteiger partial charge on any atom is 0.132 e. The van der Waals surface area contributed by atoms with Gasteiger partial charge in [-0.25, -0.2) is 4.39 Å². The van der Waals surface area contributed by atoms with Crippen molar-refractivity contribution in [3.05, 3.63) is 71.7 Å². The highest BCUT2D eigenvalue weighted by molar-refractivity contribution is 5.79. The Morgan fingerprint density at radius 3 is 2.81 bits per heavy atom. The van der Waals surface area contributed by atoms with Gasteiger partial charge < -0.3 is 10.5 Å². The molecule has 1 aromatic heterocycles. The molecule has 0 saturated carbocycles. The van der Waals surface area contributed by atoms with Gasteiger partial charge in [-0.1, -0.05) is 24.3 Å². The van der Waals surface area contributed by atoms with Crippen molar-refractivity contribution >= 4 is 10.9 Å². The Morgan fingerprint density at radius 2 is 2.00 bits per heavy atom. The highest BCUT2D eigenvalue weighted by atomic mass is 19.1. The Bertz CT molecular complexity index is 789. The van der Waals surface area contributed by atoms with Crippen LogP contribution in [0.5, 0.6) is 5.75 Å². The van der Waals surface area contributed by atoms with E-state index in [-0.39, 0.29) is 5.82 Å². The summed E-state index contributed by atoms with van der Waals surface area (Å²) < 4.78 is 19.3. The quantitative estimate of drug-likeness (QED) is 0.800. The molecule has 0 amide bonds. The SMILES string of the molecule is COc1cccc(F)c1C(N)c1ccc2cccnc2c1. The molecular formula is C17H15FN2O. The molecule has 4 heteroatoms. The summed E-state index contributed by atoms with van der Waals surface area (Å²) >= 11 is 0. The van der Waals surface area contributed by atoms with Crippen LogP contribution in [0.25, 0.3) is 10.9 Å². The molecule has 3 aromatic rings. The average Bonchev–Trinajstić information content (AvgIpc) is 2.53. The summed E-state index contributed by atoms with van der Waals surface area (Å²) in [6, 6.07) is 13.6. The van der Waals surface area contributed by atoms with Crippen LogP contribution in [0.3, 0.4) is 0 Å².